The average molecular weight is 450 g/mol. The first-order valence-corrected chi connectivity index (χ1v) is 8.42. The van der Waals surface area contributed by atoms with Gasteiger partial charge in [0.15, 0.2) is 5.96 Å². The van der Waals surface area contributed by atoms with Crippen LogP contribution in [0.25, 0.3) is 0 Å². The smallest absolute Gasteiger partial charge is 0.239 e. The molecule has 138 valence electrons. The molecular formula is C17H31IN4O2. The van der Waals surface area contributed by atoms with Crippen LogP contribution in [0, 0.1) is 0 Å². The van der Waals surface area contributed by atoms with Crippen LogP contribution in [0.5, 0.6) is 0 Å². The summed E-state index contributed by atoms with van der Waals surface area (Å²) in [5.74, 6) is 1.29. The maximum absolute atomic E-state index is 11.8. The Morgan fingerprint density at radius 1 is 1.29 bits per heavy atom. The summed E-state index contributed by atoms with van der Waals surface area (Å²) in [4.78, 5) is 15.9. The number of carbonyl (C=O) groups excluding carboxylic acids is 1. The molecule has 1 unspecified atom stereocenters. The first-order valence-electron chi connectivity index (χ1n) is 8.42. The summed E-state index contributed by atoms with van der Waals surface area (Å²) < 4.78 is 5.17. The van der Waals surface area contributed by atoms with Gasteiger partial charge in [-0.3, -0.25) is 9.79 Å². The molecule has 1 aromatic rings. The molecule has 0 aromatic carbocycles. The van der Waals surface area contributed by atoms with Crippen molar-refractivity contribution in [3.8, 4) is 0 Å². The zero-order valence-electron chi connectivity index (χ0n) is 14.9. The first kappa shape index (κ1) is 22.8. The van der Waals surface area contributed by atoms with E-state index in [2.05, 4.69) is 34.8 Å². The second kappa shape index (κ2) is 14.1. The van der Waals surface area contributed by atoms with Crippen molar-refractivity contribution < 1.29 is 9.21 Å². The van der Waals surface area contributed by atoms with Gasteiger partial charge in [0.2, 0.25) is 5.91 Å². The fourth-order valence-corrected chi connectivity index (χ4v) is 2.20. The van der Waals surface area contributed by atoms with Crippen LogP contribution in [0.2, 0.25) is 0 Å². The predicted octanol–water partition coefficient (Wildman–Crippen LogP) is 3.04. The number of guanidine groups is 1. The van der Waals surface area contributed by atoms with Crippen LogP contribution in [0.4, 0.5) is 0 Å². The summed E-state index contributed by atoms with van der Waals surface area (Å²) in [6.45, 7) is 4.93. The monoisotopic (exact) mass is 450 g/mol. The third kappa shape index (κ3) is 10.5. The van der Waals surface area contributed by atoms with Crippen molar-refractivity contribution >= 4 is 35.8 Å². The highest BCUT2D eigenvalue weighted by Crippen LogP contribution is 2.05. The maximum atomic E-state index is 11.8. The molecule has 0 radical (unpaired) electrons. The van der Waals surface area contributed by atoms with Crippen LogP contribution in [0.1, 0.15) is 51.7 Å². The molecule has 0 saturated heterocycles. The van der Waals surface area contributed by atoms with Gasteiger partial charge in [-0.2, -0.15) is 0 Å². The van der Waals surface area contributed by atoms with E-state index in [-0.39, 0.29) is 36.4 Å². The van der Waals surface area contributed by atoms with Crippen LogP contribution < -0.4 is 16.0 Å². The van der Waals surface area contributed by atoms with Crippen molar-refractivity contribution in [2.24, 2.45) is 4.99 Å². The molecule has 1 rings (SSSR count). The number of hydrogen-bond donors (Lipinski definition) is 3. The van der Waals surface area contributed by atoms with Gasteiger partial charge in [-0.25, -0.2) is 0 Å². The van der Waals surface area contributed by atoms with Gasteiger partial charge in [-0.15, -0.1) is 24.0 Å². The topological polar surface area (TPSA) is 78.7 Å². The third-order valence-electron chi connectivity index (χ3n) is 3.55. The summed E-state index contributed by atoms with van der Waals surface area (Å²) in [6.07, 6.45) is 7.71. The van der Waals surface area contributed by atoms with Gasteiger partial charge in [0, 0.05) is 13.1 Å². The number of halogens is 1. The molecule has 6 nitrogen and oxygen atoms in total. The molecule has 1 amide bonds. The van der Waals surface area contributed by atoms with Crippen LogP contribution >= 0.6 is 24.0 Å². The second-order valence-corrected chi connectivity index (χ2v) is 5.68. The molecule has 0 bridgehead atoms. The average Bonchev–Trinajstić information content (AvgIpc) is 3.07. The van der Waals surface area contributed by atoms with Gasteiger partial charge in [0.1, 0.15) is 5.76 Å². The number of amides is 1. The van der Waals surface area contributed by atoms with E-state index in [0.29, 0.717) is 18.5 Å². The zero-order chi connectivity index (χ0) is 16.9. The van der Waals surface area contributed by atoms with Gasteiger partial charge in [-0.05, 0) is 25.5 Å². The van der Waals surface area contributed by atoms with Crippen molar-refractivity contribution in [3.63, 3.8) is 0 Å². The number of aliphatic imine (C=N–C) groups is 1. The number of nitrogens with zero attached hydrogens (tertiary/aromatic N) is 1. The van der Waals surface area contributed by atoms with Crippen molar-refractivity contribution in [1.29, 1.82) is 0 Å². The highest BCUT2D eigenvalue weighted by Gasteiger charge is 2.07. The lowest BCUT2D eigenvalue weighted by Gasteiger charge is -2.17. The van der Waals surface area contributed by atoms with Gasteiger partial charge in [-0.1, -0.05) is 32.6 Å². The summed E-state index contributed by atoms with van der Waals surface area (Å²) in [5, 5.41) is 9.13. The molecule has 0 fully saturated rings. The van der Waals surface area contributed by atoms with Gasteiger partial charge in [0.25, 0.3) is 0 Å². The van der Waals surface area contributed by atoms with E-state index in [4.69, 9.17) is 4.42 Å². The Hall–Kier alpha value is -1.25. The largest absolute Gasteiger partial charge is 0.467 e. The van der Waals surface area contributed by atoms with E-state index >= 15 is 0 Å². The van der Waals surface area contributed by atoms with Crippen molar-refractivity contribution in [1.82, 2.24) is 16.0 Å². The number of rotatable bonds is 10. The first-order chi connectivity index (χ1) is 11.2. The lowest BCUT2D eigenvalue weighted by atomic mass is 10.1. The lowest BCUT2D eigenvalue weighted by molar-refractivity contribution is -0.120. The molecule has 0 saturated carbocycles. The maximum Gasteiger partial charge on any atom is 0.239 e. The van der Waals surface area contributed by atoms with Gasteiger partial charge >= 0.3 is 0 Å². The SMILES string of the molecule is CCCCCCC(C)NC(=NC)NCC(=O)NCc1ccco1.I. The number of carbonyl (C=O) groups is 1. The fourth-order valence-electron chi connectivity index (χ4n) is 2.20. The standard InChI is InChI=1S/C17H30N4O2.HI/c1-4-5-6-7-9-14(2)21-17(18-3)20-13-16(22)19-12-15-10-8-11-23-15;/h8,10-11,14H,4-7,9,12-13H2,1-3H3,(H,19,22)(H2,18,20,21);1H. The van der Waals surface area contributed by atoms with Crippen molar-refractivity contribution in [2.45, 2.75) is 58.5 Å². The van der Waals surface area contributed by atoms with E-state index in [1.54, 1.807) is 19.4 Å². The third-order valence-corrected chi connectivity index (χ3v) is 3.55. The molecule has 1 atom stereocenters. The molecule has 24 heavy (non-hydrogen) atoms. The molecule has 1 heterocycles. The molecule has 3 N–H and O–H groups in total. The highest BCUT2D eigenvalue weighted by molar-refractivity contribution is 14.0. The Labute approximate surface area is 162 Å². The minimum atomic E-state index is -0.0973. The van der Waals surface area contributed by atoms with Crippen LogP contribution in [-0.2, 0) is 11.3 Å². The van der Waals surface area contributed by atoms with Crippen molar-refractivity contribution in [2.75, 3.05) is 13.6 Å². The Morgan fingerprint density at radius 2 is 2.08 bits per heavy atom. The normalized spacial score (nSPS) is 12.2. The Morgan fingerprint density at radius 3 is 2.71 bits per heavy atom. The predicted molar refractivity (Wildman–Crippen MR) is 109 cm³/mol. The molecular weight excluding hydrogens is 419 g/mol. The van der Waals surface area contributed by atoms with E-state index < -0.39 is 0 Å². The highest BCUT2D eigenvalue weighted by atomic mass is 127. The van der Waals surface area contributed by atoms with Crippen molar-refractivity contribution in [3.05, 3.63) is 24.2 Å². The Bertz CT molecular complexity index is 463. The molecule has 1 aromatic heterocycles. The summed E-state index contributed by atoms with van der Waals surface area (Å²) in [6, 6.07) is 3.96. The van der Waals surface area contributed by atoms with E-state index in [1.807, 2.05) is 6.07 Å². The Kier molecular flexibility index (Phi) is 13.4. The van der Waals surface area contributed by atoms with Crippen LogP contribution in [0.15, 0.2) is 27.8 Å². The van der Waals surface area contributed by atoms with Gasteiger partial charge in [0.05, 0.1) is 19.4 Å². The quantitative estimate of drug-likeness (QED) is 0.222. The molecule has 7 heteroatoms. The molecule has 0 aliphatic rings. The molecule has 0 spiro atoms. The zero-order valence-corrected chi connectivity index (χ0v) is 17.3. The van der Waals surface area contributed by atoms with Crippen LogP contribution in [-0.4, -0.2) is 31.5 Å². The minimum absolute atomic E-state index is 0. The lowest BCUT2D eigenvalue weighted by Crippen LogP contribution is -2.45. The molecule has 0 aliphatic carbocycles. The van der Waals surface area contributed by atoms with E-state index in [0.717, 1.165) is 12.2 Å². The second-order valence-electron chi connectivity index (χ2n) is 5.68. The van der Waals surface area contributed by atoms with Crippen LogP contribution in [0.3, 0.4) is 0 Å². The fraction of sp³-hybridized carbons (Fsp3) is 0.647. The van der Waals surface area contributed by atoms with E-state index in [9.17, 15) is 4.79 Å². The number of nitrogens with one attached hydrogen (secondary N) is 3. The molecule has 0 aliphatic heterocycles. The van der Waals surface area contributed by atoms with Gasteiger partial charge < -0.3 is 20.4 Å². The number of unbranched alkanes of at least 4 members (excludes halogenated alkanes) is 3. The number of hydrogen-bond acceptors (Lipinski definition) is 3. The Balaban J connectivity index is 0.00000529. The summed E-state index contributed by atoms with van der Waals surface area (Å²) >= 11 is 0. The minimum Gasteiger partial charge on any atom is -0.467 e. The summed E-state index contributed by atoms with van der Waals surface area (Å²) in [7, 11) is 1.71. The van der Waals surface area contributed by atoms with E-state index in [1.165, 1.54) is 25.7 Å². The summed E-state index contributed by atoms with van der Waals surface area (Å²) in [5.41, 5.74) is 0. The number of furan rings is 1.